The number of halogens is 1. The molecule has 0 radical (unpaired) electrons. The first-order valence-corrected chi connectivity index (χ1v) is 7.18. The lowest BCUT2D eigenvalue weighted by Gasteiger charge is -2.05. The Bertz CT molecular complexity index is 775. The van der Waals surface area contributed by atoms with Crippen molar-refractivity contribution in [3.8, 4) is 11.4 Å². The van der Waals surface area contributed by atoms with Gasteiger partial charge in [0.25, 0.3) is 0 Å². The van der Waals surface area contributed by atoms with Crippen molar-refractivity contribution in [1.29, 1.82) is 0 Å². The van der Waals surface area contributed by atoms with Crippen molar-refractivity contribution in [2.45, 2.75) is 13.5 Å². The monoisotopic (exact) mass is 330 g/mol. The van der Waals surface area contributed by atoms with Gasteiger partial charge in [0.15, 0.2) is 5.82 Å². The van der Waals surface area contributed by atoms with Gasteiger partial charge in [0.2, 0.25) is 0 Å². The minimum atomic E-state index is 0.499. The molecule has 0 aliphatic carbocycles. The average molecular weight is 331 g/mol. The third kappa shape index (κ3) is 2.13. The molecule has 0 spiro atoms. The first-order valence-electron chi connectivity index (χ1n) is 6.38. The Kier molecular flexibility index (Phi) is 3.31. The highest BCUT2D eigenvalue weighted by Crippen LogP contribution is 2.25. The van der Waals surface area contributed by atoms with Crippen LogP contribution in [0, 0.1) is 6.92 Å². The van der Waals surface area contributed by atoms with E-state index in [0.717, 1.165) is 38.2 Å². The van der Waals surface area contributed by atoms with Crippen LogP contribution in [0.4, 0.5) is 0 Å². The van der Waals surface area contributed by atoms with Crippen LogP contribution >= 0.6 is 15.9 Å². The lowest BCUT2D eigenvalue weighted by atomic mass is 10.1. The van der Waals surface area contributed by atoms with Gasteiger partial charge in [0.05, 0.1) is 5.69 Å². The predicted octanol–water partition coefficient (Wildman–Crippen LogP) is 3.16. The number of nitrogens with zero attached hydrogens (tertiary/aromatic N) is 3. The summed E-state index contributed by atoms with van der Waals surface area (Å²) in [4.78, 5) is 9.31. The Morgan fingerprint density at radius 1 is 1.20 bits per heavy atom. The van der Waals surface area contributed by atoms with Gasteiger partial charge in [-0.15, -0.1) is 0 Å². The normalized spacial score (nSPS) is 11.2. The fourth-order valence-electron chi connectivity index (χ4n) is 2.43. The molecule has 0 atom stereocenters. The molecule has 20 heavy (non-hydrogen) atoms. The van der Waals surface area contributed by atoms with Crippen LogP contribution in [0.25, 0.3) is 22.4 Å². The number of hydrogen-bond acceptors (Lipinski definition) is 3. The van der Waals surface area contributed by atoms with E-state index < -0.39 is 0 Å². The molecule has 0 fully saturated rings. The summed E-state index contributed by atoms with van der Waals surface area (Å²) >= 11 is 3.44. The molecule has 2 heterocycles. The van der Waals surface area contributed by atoms with Crippen molar-refractivity contribution in [3.63, 3.8) is 0 Å². The maximum absolute atomic E-state index is 5.79. The molecule has 102 valence electrons. The summed E-state index contributed by atoms with van der Waals surface area (Å²) in [7, 11) is 1.99. The Morgan fingerprint density at radius 3 is 2.55 bits per heavy atom. The standard InChI is InChI=1S/C15H15BrN4/c1-9-13-11(7-17)8-20(2)15(13)19-14(18-9)10-3-5-12(16)6-4-10/h3-6,8H,7,17H2,1-2H3. The van der Waals surface area contributed by atoms with Gasteiger partial charge < -0.3 is 10.3 Å². The number of nitrogens with two attached hydrogens (primary N) is 1. The fourth-order valence-corrected chi connectivity index (χ4v) is 2.70. The SMILES string of the molecule is Cc1nc(-c2ccc(Br)cc2)nc2c1c(CN)cn2C. The van der Waals surface area contributed by atoms with Crippen molar-refractivity contribution in [2.75, 3.05) is 0 Å². The van der Waals surface area contributed by atoms with Crippen LogP contribution in [0.2, 0.25) is 0 Å². The van der Waals surface area contributed by atoms with Crippen LogP contribution in [0.1, 0.15) is 11.3 Å². The maximum Gasteiger partial charge on any atom is 0.161 e. The summed E-state index contributed by atoms with van der Waals surface area (Å²) in [5, 5.41) is 1.07. The molecule has 1 aromatic carbocycles. The molecule has 3 aromatic rings. The van der Waals surface area contributed by atoms with Crippen molar-refractivity contribution in [2.24, 2.45) is 12.8 Å². The number of rotatable bonds is 2. The van der Waals surface area contributed by atoms with Crippen LogP contribution in [0.3, 0.4) is 0 Å². The van der Waals surface area contributed by atoms with Gasteiger partial charge in [0, 0.05) is 35.2 Å². The molecule has 0 unspecified atom stereocenters. The van der Waals surface area contributed by atoms with Crippen molar-refractivity contribution in [3.05, 3.63) is 46.2 Å². The summed E-state index contributed by atoms with van der Waals surface area (Å²) in [6.07, 6.45) is 2.03. The van der Waals surface area contributed by atoms with E-state index in [1.807, 2.05) is 49.0 Å². The minimum Gasteiger partial charge on any atom is -0.335 e. The molecule has 5 heteroatoms. The van der Waals surface area contributed by atoms with Gasteiger partial charge >= 0.3 is 0 Å². The molecule has 0 saturated carbocycles. The number of benzene rings is 1. The van der Waals surface area contributed by atoms with Gasteiger partial charge in [-0.2, -0.15) is 0 Å². The Hall–Kier alpha value is -1.72. The maximum atomic E-state index is 5.79. The molecule has 3 rings (SSSR count). The lowest BCUT2D eigenvalue weighted by molar-refractivity contribution is 0.930. The van der Waals surface area contributed by atoms with E-state index in [2.05, 4.69) is 25.9 Å². The van der Waals surface area contributed by atoms with Crippen molar-refractivity contribution < 1.29 is 0 Å². The van der Waals surface area contributed by atoms with E-state index in [0.29, 0.717) is 6.54 Å². The molecule has 4 nitrogen and oxygen atoms in total. The van der Waals surface area contributed by atoms with E-state index in [1.54, 1.807) is 0 Å². The molecular formula is C15H15BrN4. The zero-order valence-corrected chi connectivity index (χ0v) is 13.0. The van der Waals surface area contributed by atoms with E-state index in [-0.39, 0.29) is 0 Å². The van der Waals surface area contributed by atoms with Crippen LogP contribution in [-0.2, 0) is 13.6 Å². The summed E-state index contributed by atoms with van der Waals surface area (Å²) in [5.74, 6) is 0.743. The highest BCUT2D eigenvalue weighted by molar-refractivity contribution is 9.10. The van der Waals surface area contributed by atoms with Gasteiger partial charge in [-0.3, -0.25) is 0 Å². The molecule has 0 saturated heterocycles. The number of hydrogen-bond donors (Lipinski definition) is 1. The van der Waals surface area contributed by atoms with E-state index in [4.69, 9.17) is 5.73 Å². The summed E-state index contributed by atoms with van der Waals surface area (Å²) in [6, 6.07) is 8.01. The highest BCUT2D eigenvalue weighted by Gasteiger charge is 2.13. The fraction of sp³-hybridized carbons (Fsp3) is 0.200. The smallest absolute Gasteiger partial charge is 0.161 e. The Balaban J connectivity index is 2.24. The van der Waals surface area contributed by atoms with Gasteiger partial charge in [0.1, 0.15) is 5.65 Å². The topological polar surface area (TPSA) is 56.7 Å². The van der Waals surface area contributed by atoms with Crippen LogP contribution in [0.5, 0.6) is 0 Å². The first-order chi connectivity index (χ1) is 9.60. The average Bonchev–Trinajstić information content (AvgIpc) is 2.77. The molecule has 0 aliphatic heterocycles. The number of fused-ring (bicyclic) bond motifs is 1. The quantitative estimate of drug-likeness (QED) is 0.785. The number of aromatic nitrogens is 3. The second-order valence-corrected chi connectivity index (χ2v) is 5.72. The Morgan fingerprint density at radius 2 is 1.90 bits per heavy atom. The molecule has 2 N–H and O–H groups in total. The summed E-state index contributed by atoms with van der Waals surface area (Å²) < 4.78 is 3.05. The lowest BCUT2D eigenvalue weighted by Crippen LogP contribution is -1.98. The molecule has 0 amide bonds. The third-order valence-corrected chi connectivity index (χ3v) is 3.93. The highest BCUT2D eigenvalue weighted by atomic mass is 79.9. The first kappa shape index (κ1) is 13.3. The van der Waals surface area contributed by atoms with E-state index in [1.165, 1.54) is 0 Å². The second kappa shape index (κ2) is 5.00. The minimum absolute atomic E-state index is 0.499. The Labute approximate surface area is 125 Å². The van der Waals surface area contributed by atoms with Crippen LogP contribution < -0.4 is 5.73 Å². The van der Waals surface area contributed by atoms with Crippen molar-refractivity contribution >= 4 is 27.0 Å². The van der Waals surface area contributed by atoms with Gasteiger partial charge in [-0.05, 0) is 24.6 Å². The third-order valence-electron chi connectivity index (χ3n) is 3.40. The molecular weight excluding hydrogens is 316 g/mol. The summed E-state index contributed by atoms with van der Waals surface area (Å²) in [5.41, 5.74) is 9.78. The second-order valence-electron chi connectivity index (χ2n) is 4.81. The van der Waals surface area contributed by atoms with Crippen LogP contribution in [0.15, 0.2) is 34.9 Å². The molecule has 0 bridgehead atoms. The molecule has 0 aliphatic rings. The zero-order chi connectivity index (χ0) is 14.3. The van der Waals surface area contributed by atoms with E-state index >= 15 is 0 Å². The largest absolute Gasteiger partial charge is 0.335 e. The predicted molar refractivity (Wildman–Crippen MR) is 84.3 cm³/mol. The summed E-state index contributed by atoms with van der Waals surface area (Å²) in [6.45, 7) is 2.50. The zero-order valence-electron chi connectivity index (χ0n) is 11.4. The van der Waals surface area contributed by atoms with Crippen molar-refractivity contribution in [1.82, 2.24) is 14.5 Å². The van der Waals surface area contributed by atoms with Gasteiger partial charge in [-0.25, -0.2) is 9.97 Å². The van der Waals surface area contributed by atoms with E-state index in [9.17, 15) is 0 Å². The van der Waals surface area contributed by atoms with Gasteiger partial charge in [-0.1, -0.05) is 28.1 Å². The number of aryl methyl sites for hydroxylation is 2. The van der Waals surface area contributed by atoms with Crippen LogP contribution in [-0.4, -0.2) is 14.5 Å². The molecule has 2 aromatic heterocycles.